The van der Waals surface area contributed by atoms with E-state index in [0.29, 0.717) is 21.1 Å². The maximum atomic E-state index is 12.8. The number of hydrogen-bond acceptors (Lipinski definition) is 2. The second-order valence-corrected chi connectivity index (χ2v) is 6.87. The lowest BCUT2D eigenvalue weighted by molar-refractivity contribution is 0.102. The zero-order valence-electron chi connectivity index (χ0n) is 13.7. The molecule has 0 saturated carbocycles. The average Bonchev–Trinajstić information content (AvgIpc) is 2.55. The van der Waals surface area contributed by atoms with Crippen LogP contribution in [0.2, 0.25) is 10.0 Å². The number of benzene rings is 2. The highest BCUT2D eigenvalue weighted by molar-refractivity contribution is 6.31. The van der Waals surface area contributed by atoms with Gasteiger partial charge in [0.15, 0.2) is 0 Å². The molecule has 25 heavy (non-hydrogen) atoms. The number of hydrogen-bond donors (Lipinski definition) is 1. The summed E-state index contributed by atoms with van der Waals surface area (Å²) in [6, 6.07) is 12.0. The molecule has 0 aliphatic heterocycles. The molecule has 1 heterocycles. The lowest BCUT2D eigenvalue weighted by Gasteiger charge is -2.17. The highest BCUT2D eigenvalue weighted by Gasteiger charge is 2.17. The SMILES string of the molecule is CC(C)n1cc(C(=O)Nc2cccc(Cl)c2)c(=O)c2cc(Cl)ccc21. The molecular formula is C19H16Cl2N2O2. The van der Waals surface area contributed by atoms with Gasteiger partial charge in [0.2, 0.25) is 5.43 Å². The van der Waals surface area contributed by atoms with Crippen LogP contribution in [0.4, 0.5) is 5.69 Å². The molecule has 0 saturated heterocycles. The first-order valence-corrected chi connectivity index (χ1v) is 8.53. The first-order chi connectivity index (χ1) is 11.9. The molecule has 6 heteroatoms. The van der Waals surface area contributed by atoms with Crippen molar-refractivity contribution in [3.8, 4) is 0 Å². The second kappa shape index (κ2) is 6.90. The summed E-state index contributed by atoms with van der Waals surface area (Å²) in [6.07, 6.45) is 1.59. The number of carbonyl (C=O) groups is 1. The summed E-state index contributed by atoms with van der Waals surface area (Å²) in [6.45, 7) is 3.97. The van der Waals surface area contributed by atoms with Crippen LogP contribution in [0.3, 0.4) is 0 Å². The molecule has 1 aromatic heterocycles. The zero-order chi connectivity index (χ0) is 18.1. The van der Waals surface area contributed by atoms with E-state index in [1.54, 1.807) is 48.7 Å². The van der Waals surface area contributed by atoms with Gasteiger partial charge in [-0.2, -0.15) is 0 Å². The van der Waals surface area contributed by atoms with Gasteiger partial charge in [0.1, 0.15) is 5.56 Å². The van der Waals surface area contributed by atoms with Gasteiger partial charge >= 0.3 is 0 Å². The van der Waals surface area contributed by atoms with E-state index < -0.39 is 5.91 Å². The number of halogens is 2. The van der Waals surface area contributed by atoms with Crippen LogP contribution in [0.5, 0.6) is 0 Å². The van der Waals surface area contributed by atoms with E-state index in [2.05, 4.69) is 5.32 Å². The summed E-state index contributed by atoms with van der Waals surface area (Å²) in [5, 5.41) is 4.09. The molecule has 0 aliphatic carbocycles. The Kier molecular flexibility index (Phi) is 4.84. The highest BCUT2D eigenvalue weighted by Crippen LogP contribution is 2.21. The Morgan fingerprint density at radius 2 is 1.80 bits per heavy atom. The van der Waals surface area contributed by atoms with Crippen molar-refractivity contribution in [3.63, 3.8) is 0 Å². The highest BCUT2D eigenvalue weighted by atomic mass is 35.5. The van der Waals surface area contributed by atoms with Gasteiger partial charge in [-0.1, -0.05) is 29.3 Å². The topological polar surface area (TPSA) is 51.1 Å². The molecule has 4 nitrogen and oxygen atoms in total. The molecule has 0 aliphatic rings. The molecule has 0 bridgehead atoms. The van der Waals surface area contributed by atoms with Gasteiger partial charge in [-0.25, -0.2) is 0 Å². The zero-order valence-corrected chi connectivity index (χ0v) is 15.2. The van der Waals surface area contributed by atoms with Crippen LogP contribution < -0.4 is 10.7 Å². The van der Waals surface area contributed by atoms with Crippen molar-refractivity contribution < 1.29 is 4.79 Å². The van der Waals surface area contributed by atoms with Gasteiger partial charge in [0, 0.05) is 33.4 Å². The Labute approximate surface area is 155 Å². The number of carbonyl (C=O) groups excluding carboxylic acids is 1. The molecule has 0 unspecified atom stereocenters. The van der Waals surface area contributed by atoms with Gasteiger partial charge in [-0.15, -0.1) is 0 Å². The fourth-order valence-corrected chi connectivity index (χ4v) is 3.04. The van der Waals surface area contributed by atoms with Crippen molar-refractivity contribution in [2.45, 2.75) is 19.9 Å². The normalized spacial score (nSPS) is 11.1. The Bertz CT molecular complexity index is 1030. The number of amides is 1. The lowest BCUT2D eigenvalue weighted by Crippen LogP contribution is -2.24. The van der Waals surface area contributed by atoms with Crippen LogP contribution in [-0.2, 0) is 0 Å². The molecule has 3 aromatic rings. The summed E-state index contributed by atoms with van der Waals surface area (Å²) in [7, 11) is 0. The van der Waals surface area contributed by atoms with Crippen LogP contribution in [-0.4, -0.2) is 10.5 Å². The number of nitrogens with zero attached hydrogens (tertiary/aromatic N) is 1. The Balaban J connectivity index is 2.13. The molecule has 0 spiro atoms. The van der Waals surface area contributed by atoms with E-state index in [1.165, 1.54) is 0 Å². The van der Waals surface area contributed by atoms with Crippen LogP contribution in [0.1, 0.15) is 30.2 Å². The Morgan fingerprint density at radius 3 is 2.48 bits per heavy atom. The molecule has 0 fully saturated rings. The Hall–Kier alpha value is -2.30. The van der Waals surface area contributed by atoms with Gasteiger partial charge in [-0.3, -0.25) is 9.59 Å². The van der Waals surface area contributed by atoms with Crippen molar-refractivity contribution >= 4 is 45.7 Å². The third-order valence-electron chi connectivity index (χ3n) is 3.88. The summed E-state index contributed by atoms with van der Waals surface area (Å²) in [5.41, 5.74) is 0.972. The number of pyridine rings is 1. The number of fused-ring (bicyclic) bond motifs is 1. The largest absolute Gasteiger partial charge is 0.344 e. The molecule has 1 amide bonds. The third kappa shape index (κ3) is 3.55. The summed E-state index contributed by atoms with van der Waals surface area (Å²) < 4.78 is 1.89. The van der Waals surface area contributed by atoms with Crippen molar-refractivity contribution in [2.24, 2.45) is 0 Å². The quantitative estimate of drug-likeness (QED) is 0.689. The molecule has 128 valence electrons. The van der Waals surface area contributed by atoms with Gasteiger partial charge in [0.05, 0.1) is 5.52 Å². The summed E-state index contributed by atoms with van der Waals surface area (Å²) in [4.78, 5) is 25.4. The van der Waals surface area contributed by atoms with Crippen LogP contribution in [0, 0.1) is 0 Å². The minimum absolute atomic E-state index is 0.0587. The van der Waals surface area contributed by atoms with E-state index in [1.807, 2.05) is 18.4 Å². The molecule has 0 radical (unpaired) electrons. The maximum Gasteiger partial charge on any atom is 0.261 e. The van der Waals surface area contributed by atoms with Crippen molar-refractivity contribution in [1.29, 1.82) is 0 Å². The number of nitrogens with one attached hydrogen (secondary N) is 1. The van der Waals surface area contributed by atoms with Gasteiger partial charge in [-0.05, 0) is 50.2 Å². The number of aromatic nitrogens is 1. The molecule has 1 N–H and O–H groups in total. The monoisotopic (exact) mass is 374 g/mol. The van der Waals surface area contributed by atoms with Gasteiger partial charge < -0.3 is 9.88 Å². The van der Waals surface area contributed by atoms with E-state index in [9.17, 15) is 9.59 Å². The van der Waals surface area contributed by atoms with Crippen LogP contribution in [0.25, 0.3) is 10.9 Å². The summed E-state index contributed by atoms with van der Waals surface area (Å²) >= 11 is 12.0. The van der Waals surface area contributed by atoms with E-state index in [0.717, 1.165) is 5.52 Å². The second-order valence-electron chi connectivity index (χ2n) is 6.00. The average molecular weight is 375 g/mol. The third-order valence-corrected chi connectivity index (χ3v) is 4.35. The van der Waals surface area contributed by atoms with E-state index in [4.69, 9.17) is 23.2 Å². The van der Waals surface area contributed by atoms with Crippen molar-refractivity contribution in [3.05, 3.63) is 74.5 Å². The van der Waals surface area contributed by atoms with Gasteiger partial charge in [0.25, 0.3) is 5.91 Å². The first kappa shape index (κ1) is 17.5. The standard InChI is InChI=1S/C19H16Cl2N2O2/c1-11(2)23-10-16(18(24)15-9-13(21)6-7-17(15)23)19(25)22-14-5-3-4-12(20)8-14/h3-11H,1-2H3,(H,22,25). The minimum atomic E-state index is -0.483. The Morgan fingerprint density at radius 1 is 1.08 bits per heavy atom. The maximum absolute atomic E-state index is 12.8. The predicted octanol–water partition coefficient (Wildman–Crippen LogP) is 5.14. The molecule has 2 aromatic carbocycles. The molecule has 0 atom stereocenters. The van der Waals surface area contributed by atoms with Crippen LogP contribution >= 0.6 is 23.2 Å². The van der Waals surface area contributed by atoms with E-state index >= 15 is 0 Å². The fraction of sp³-hybridized carbons (Fsp3) is 0.158. The van der Waals surface area contributed by atoms with Crippen LogP contribution in [0.15, 0.2) is 53.5 Å². The van der Waals surface area contributed by atoms with Crippen molar-refractivity contribution in [1.82, 2.24) is 4.57 Å². The molecule has 3 rings (SSSR count). The minimum Gasteiger partial charge on any atom is -0.344 e. The number of rotatable bonds is 3. The molecular weight excluding hydrogens is 359 g/mol. The van der Waals surface area contributed by atoms with E-state index in [-0.39, 0.29) is 17.0 Å². The summed E-state index contributed by atoms with van der Waals surface area (Å²) in [5.74, 6) is -0.483. The van der Waals surface area contributed by atoms with Crippen molar-refractivity contribution in [2.75, 3.05) is 5.32 Å². The fourth-order valence-electron chi connectivity index (χ4n) is 2.68. The predicted molar refractivity (Wildman–Crippen MR) is 103 cm³/mol. The smallest absolute Gasteiger partial charge is 0.261 e. The first-order valence-electron chi connectivity index (χ1n) is 7.78. The number of anilines is 1. The lowest BCUT2D eigenvalue weighted by atomic mass is 10.1.